The summed E-state index contributed by atoms with van der Waals surface area (Å²) in [6.07, 6.45) is 1.77. The second-order valence-electron chi connectivity index (χ2n) is 5.13. The topological polar surface area (TPSA) is 43.6 Å². The fourth-order valence-electron chi connectivity index (χ4n) is 1.91. The van der Waals surface area contributed by atoms with Crippen LogP contribution < -0.4 is 14.8 Å². The highest BCUT2D eigenvalue weighted by molar-refractivity contribution is 5.39. The first-order chi connectivity index (χ1) is 10.2. The van der Waals surface area contributed by atoms with Crippen LogP contribution in [0.15, 0.2) is 41.0 Å². The molecule has 1 heterocycles. The van der Waals surface area contributed by atoms with Crippen LogP contribution in [0.5, 0.6) is 11.5 Å². The minimum Gasteiger partial charge on any atom is -0.490 e. The highest BCUT2D eigenvalue weighted by Gasteiger charge is 2.07. The molecule has 0 saturated carbocycles. The van der Waals surface area contributed by atoms with Crippen LogP contribution in [0.1, 0.15) is 32.1 Å². The Hall–Kier alpha value is -1.94. The molecule has 21 heavy (non-hydrogen) atoms. The number of nitrogens with one attached hydrogen (secondary N) is 1. The maximum Gasteiger partial charge on any atom is 0.161 e. The molecule has 114 valence electrons. The van der Waals surface area contributed by atoms with Crippen LogP contribution in [0.3, 0.4) is 0 Å². The van der Waals surface area contributed by atoms with E-state index in [2.05, 4.69) is 19.2 Å². The van der Waals surface area contributed by atoms with Crippen LogP contribution >= 0.6 is 0 Å². The molecule has 0 saturated heterocycles. The number of ether oxygens (including phenoxy) is 2. The Labute approximate surface area is 126 Å². The maximum atomic E-state index is 5.78. The van der Waals surface area contributed by atoms with Gasteiger partial charge < -0.3 is 19.2 Å². The number of hydrogen-bond donors (Lipinski definition) is 1. The van der Waals surface area contributed by atoms with E-state index in [9.17, 15) is 0 Å². The molecule has 0 unspecified atom stereocenters. The molecule has 2 aromatic rings. The molecule has 0 atom stereocenters. The standard InChI is InChI=1S/C17H23NO3/c1-4-19-16-7-5-6-8-17(16)21-12-15-9-14(11-20-15)10-18-13(2)3/h5-9,11,13,18H,4,10,12H2,1-3H3. The van der Waals surface area contributed by atoms with Crippen LogP contribution in [0.25, 0.3) is 0 Å². The van der Waals surface area contributed by atoms with E-state index in [0.29, 0.717) is 19.3 Å². The van der Waals surface area contributed by atoms with Crippen molar-refractivity contribution < 1.29 is 13.9 Å². The second kappa shape index (κ2) is 7.74. The fourth-order valence-corrected chi connectivity index (χ4v) is 1.91. The van der Waals surface area contributed by atoms with E-state index in [1.165, 1.54) is 0 Å². The molecule has 0 radical (unpaired) electrons. The number of furan rings is 1. The van der Waals surface area contributed by atoms with E-state index in [1.807, 2.05) is 37.3 Å². The molecule has 4 heteroatoms. The van der Waals surface area contributed by atoms with Gasteiger partial charge in [0.15, 0.2) is 11.5 Å². The van der Waals surface area contributed by atoms with Crippen molar-refractivity contribution in [1.29, 1.82) is 0 Å². The Morgan fingerprint density at radius 1 is 1.14 bits per heavy atom. The third-order valence-corrected chi connectivity index (χ3v) is 2.94. The lowest BCUT2D eigenvalue weighted by atomic mass is 10.3. The zero-order chi connectivity index (χ0) is 15.1. The van der Waals surface area contributed by atoms with Gasteiger partial charge in [0.05, 0.1) is 12.9 Å². The SMILES string of the molecule is CCOc1ccccc1OCc1cc(CNC(C)C)co1. The van der Waals surface area contributed by atoms with Crippen molar-refractivity contribution in [2.75, 3.05) is 6.61 Å². The molecule has 0 spiro atoms. The van der Waals surface area contributed by atoms with Gasteiger partial charge in [-0.1, -0.05) is 26.0 Å². The van der Waals surface area contributed by atoms with Crippen LogP contribution in [0, 0.1) is 0 Å². The predicted octanol–water partition coefficient (Wildman–Crippen LogP) is 3.76. The molecule has 1 aromatic heterocycles. The van der Waals surface area contributed by atoms with E-state index in [0.717, 1.165) is 29.4 Å². The third kappa shape index (κ3) is 4.83. The largest absolute Gasteiger partial charge is 0.490 e. The molecule has 0 amide bonds. The summed E-state index contributed by atoms with van der Waals surface area (Å²) in [5, 5.41) is 3.35. The van der Waals surface area contributed by atoms with E-state index in [-0.39, 0.29) is 0 Å². The summed E-state index contributed by atoms with van der Waals surface area (Å²) in [6.45, 7) is 8.01. The van der Waals surface area contributed by atoms with Crippen molar-refractivity contribution in [3.8, 4) is 11.5 Å². The molecule has 0 aliphatic carbocycles. The molecular weight excluding hydrogens is 266 g/mol. The van der Waals surface area contributed by atoms with E-state index in [1.54, 1.807) is 6.26 Å². The lowest BCUT2D eigenvalue weighted by Gasteiger charge is -2.10. The van der Waals surface area contributed by atoms with Crippen molar-refractivity contribution in [3.63, 3.8) is 0 Å². The van der Waals surface area contributed by atoms with Gasteiger partial charge in [0.1, 0.15) is 12.4 Å². The smallest absolute Gasteiger partial charge is 0.161 e. The van der Waals surface area contributed by atoms with E-state index >= 15 is 0 Å². The van der Waals surface area contributed by atoms with Gasteiger partial charge >= 0.3 is 0 Å². The van der Waals surface area contributed by atoms with Crippen LogP contribution in [-0.2, 0) is 13.2 Å². The Kier molecular flexibility index (Phi) is 5.69. The quantitative estimate of drug-likeness (QED) is 0.803. The first kappa shape index (κ1) is 15.4. The molecule has 4 nitrogen and oxygen atoms in total. The van der Waals surface area contributed by atoms with Crippen LogP contribution in [0.4, 0.5) is 0 Å². The van der Waals surface area contributed by atoms with Gasteiger partial charge in [0.25, 0.3) is 0 Å². The summed E-state index contributed by atoms with van der Waals surface area (Å²) in [7, 11) is 0. The van der Waals surface area contributed by atoms with Gasteiger partial charge in [-0.25, -0.2) is 0 Å². The lowest BCUT2D eigenvalue weighted by Crippen LogP contribution is -2.21. The Morgan fingerprint density at radius 3 is 2.52 bits per heavy atom. The molecular formula is C17H23NO3. The van der Waals surface area contributed by atoms with Crippen molar-refractivity contribution in [3.05, 3.63) is 47.9 Å². The summed E-state index contributed by atoms with van der Waals surface area (Å²) < 4.78 is 16.8. The summed E-state index contributed by atoms with van der Waals surface area (Å²) in [5.41, 5.74) is 1.13. The molecule has 0 bridgehead atoms. The minimum absolute atomic E-state index is 0.395. The minimum atomic E-state index is 0.395. The average molecular weight is 289 g/mol. The number of benzene rings is 1. The normalized spacial score (nSPS) is 10.9. The Bertz CT molecular complexity index is 548. The van der Waals surface area contributed by atoms with Gasteiger partial charge in [-0.3, -0.25) is 0 Å². The lowest BCUT2D eigenvalue weighted by molar-refractivity contribution is 0.247. The van der Waals surface area contributed by atoms with Crippen molar-refractivity contribution in [2.45, 2.75) is 40.0 Å². The number of para-hydroxylation sites is 2. The summed E-state index contributed by atoms with van der Waals surface area (Å²) >= 11 is 0. The second-order valence-corrected chi connectivity index (χ2v) is 5.13. The first-order valence-corrected chi connectivity index (χ1v) is 7.33. The van der Waals surface area contributed by atoms with E-state index < -0.39 is 0 Å². The van der Waals surface area contributed by atoms with E-state index in [4.69, 9.17) is 13.9 Å². The van der Waals surface area contributed by atoms with Crippen molar-refractivity contribution >= 4 is 0 Å². The zero-order valence-electron chi connectivity index (χ0n) is 12.9. The first-order valence-electron chi connectivity index (χ1n) is 7.33. The Balaban J connectivity index is 1.91. The molecule has 2 rings (SSSR count). The molecule has 0 fully saturated rings. The average Bonchev–Trinajstić information content (AvgIpc) is 2.92. The molecule has 1 aromatic carbocycles. The van der Waals surface area contributed by atoms with Crippen LogP contribution in [-0.4, -0.2) is 12.6 Å². The highest BCUT2D eigenvalue weighted by Crippen LogP contribution is 2.27. The monoisotopic (exact) mass is 289 g/mol. The van der Waals surface area contributed by atoms with Gasteiger partial charge in [-0.15, -0.1) is 0 Å². The highest BCUT2D eigenvalue weighted by atomic mass is 16.5. The van der Waals surface area contributed by atoms with Crippen molar-refractivity contribution in [1.82, 2.24) is 5.32 Å². The van der Waals surface area contributed by atoms with Gasteiger partial charge in [-0.2, -0.15) is 0 Å². The van der Waals surface area contributed by atoms with Gasteiger partial charge in [0.2, 0.25) is 0 Å². The van der Waals surface area contributed by atoms with Crippen LogP contribution in [0.2, 0.25) is 0 Å². The number of rotatable bonds is 8. The van der Waals surface area contributed by atoms with Gasteiger partial charge in [0, 0.05) is 18.2 Å². The maximum absolute atomic E-state index is 5.78. The molecule has 0 aliphatic heterocycles. The van der Waals surface area contributed by atoms with Crippen molar-refractivity contribution in [2.24, 2.45) is 0 Å². The molecule has 0 aliphatic rings. The summed E-state index contributed by atoms with van der Waals surface area (Å²) in [5.74, 6) is 2.30. The predicted molar refractivity (Wildman–Crippen MR) is 82.6 cm³/mol. The molecule has 1 N–H and O–H groups in total. The summed E-state index contributed by atoms with van der Waals surface area (Å²) in [6, 6.07) is 10.1. The Morgan fingerprint density at radius 2 is 1.86 bits per heavy atom. The van der Waals surface area contributed by atoms with Gasteiger partial charge in [-0.05, 0) is 25.1 Å². The summed E-state index contributed by atoms with van der Waals surface area (Å²) in [4.78, 5) is 0. The fraction of sp³-hybridized carbons (Fsp3) is 0.412. The third-order valence-electron chi connectivity index (χ3n) is 2.94. The number of hydrogen-bond acceptors (Lipinski definition) is 4. The zero-order valence-corrected chi connectivity index (χ0v) is 12.9.